The quantitative estimate of drug-likeness (QED) is 0.231. The van der Waals surface area contributed by atoms with Crippen molar-refractivity contribution in [3.63, 3.8) is 0 Å². The van der Waals surface area contributed by atoms with Crippen LogP contribution in [0.4, 0.5) is 8.78 Å². The van der Waals surface area contributed by atoms with Crippen molar-refractivity contribution in [3.05, 3.63) is 47.5 Å². The molecule has 0 aliphatic carbocycles. The third-order valence-corrected chi connectivity index (χ3v) is 3.67. The van der Waals surface area contributed by atoms with Gasteiger partial charge >= 0.3 is 6.61 Å². The van der Waals surface area contributed by atoms with E-state index in [-0.39, 0.29) is 36.3 Å². The molecule has 0 radical (unpaired) electrons. The van der Waals surface area contributed by atoms with Crippen molar-refractivity contribution in [3.8, 4) is 5.75 Å². The highest BCUT2D eigenvalue weighted by Gasteiger charge is 2.10. The molecule has 0 saturated carbocycles. The summed E-state index contributed by atoms with van der Waals surface area (Å²) in [5, 5.41) is 6.77. The van der Waals surface area contributed by atoms with Gasteiger partial charge in [-0.15, -0.1) is 24.0 Å². The van der Waals surface area contributed by atoms with Crippen molar-refractivity contribution in [2.45, 2.75) is 33.0 Å². The minimum Gasteiger partial charge on any atom is -0.434 e. The third kappa shape index (κ3) is 8.74. The number of alkyl halides is 2. The van der Waals surface area contributed by atoms with Gasteiger partial charge in [0.05, 0.1) is 12.9 Å². The van der Waals surface area contributed by atoms with Crippen molar-refractivity contribution < 1.29 is 13.5 Å². The standard InChI is InChI=1S/C17H22ClF2N5O.HI/c1-2-22-17(23-6-3-8-25-9-7-21-12-25)24-11-13-10-14(18)4-5-15(13)26-16(19)20;/h4-5,7,9-10,12,16H,2-3,6,8,11H2,1H3,(H2,22,23,24);1H. The number of nitrogens with one attached hydrogen (secondary N) is 2. The molecule has 0 bridgehead atoms. The maximum absolute atomic E-state index is 12.5. The summed E-state index contributed by atoms with van der Waals surface area (Å²) >= 11 is 5.95. The third-order valence-electron chi connectivity index (χ3n) is 3.44. The van der Waals surface area contributed by atoms with Gasteiger partial charge in [0, 0.05) is 42.6 Å². The fraction of sp³-hybridized carbons (Fsp3) is 0.412. The van der Waals surface area contributed by atoms with Gasteiger partial charge < -0.3 is 19.9 Å². The summed E-state index contributed by atoms with van der Waals surface area (Å²) in [5.41, 5.74) is 0.494. The molecule has 2 aromatic rings. The van der Waals surface area contributed by atoms with Crippen LogP contribution in [0.15, 0.2) is 41.9 Å². The number of rotatable bonds is 9. The highest BCUT2D eigenvalue weighted by molar-refractivity contribution is 14.0. The normalized spacial score (nSPS) is 11.2. The summed E-state index contributed by atoms with van der Waals surface area (Å²) in [6.45, 7) is 1.46. The molecule has 27 heavy (non-hydrogen) atoms. The van der Waals surface area contributed by atoms with Crippen molar-refractivity contribution in [1.29, 1.82) is 0 Å². The Morgan fingerprint density at radius 3 is 2.85 bits per heavy atom. The summed E-state index contributed by atoms with van der Waals surface area (Å²) in [6, 6.07) is 4.50. The minimum absolute atomic E-state index is 0. The first-order chi connectivity index (χ1) is 12.6. The second-order valence-corrected chi connectivity index (χ2v) is 5.84. The van der Waals surface area contributed by atoms with Crippen LogP contribution in [-0.4, -0.2) is 35.2 Å². The Hall–Kier alpha value is -1.62. The lowest BCUT2D eigenvalue weighted by molar-refractivity contribution is -0.0504. The number of aliphatic imine (C=N–C) groups is 1. The topological polar surface area (TPSA) is 63.5 Å². The zero-order valence-electron chi connectivity index (χ0n) is 14.9. The molecule has 0 aliphatic rings. The average Bonchev–Trinajstić information content (AvgIpc) is 3.11. The fourth-order valence-corrected chi connectivity index (χ4v) is 2.47. The van der Waals surface area contributed by atoms with Gasteiger partial charge in [0.1, 0.15) is 5.75 Å². The molecule has 1 aromatic carbocycles. The Morgan fingerprint density at radius 2 is 2.19 bits per heavy atom. The number of hydrogen-bond donors (Lipinski definition) is 2. The molecule has 0 fully saturated rings. The monoisotopic (exact) mass is 513 g/mol. The van der Waals surface area contributed by atoms with E-state index < -0.39 is 6.61 Å². The van der Waals surface area contributed by atoms with Crippen LogP contribution in [-0.2, 0) is 13.1 Å². The van der Waals surface area contributed by atoms with Crippen LogP contribution < -0.4 is 15.4 Å². The Kier molecular flexibility index (Phi) is 11.0. The second-order valence-electron chi connectivity index (χ2n) is 5.41. The predicted molar refractivity (Wildman–Crippen MR) is 113 cm³/mol. The smallest absolute Gasteiger partial charge is 0.387 e. The highest BCUT2D eigenvalue weighted by atomic mass is 127. The zero-order valence-corrected chi connectivity index (χ0v) is 18.0. The number of halogens is 4. The summed E-state index contributed by atoms with van der Waals surface area (Å²) in [4.78, 5) is 8.41. The predicted octanol–water partition coefficient (Wildman–Crippen LogP) is 3.90. The fourth-order valence-electron chi connectivity index (χ4n) is 2.28. The molecule has 0 amide bonds. The number of imidazole rings is 1. The summed E-state index contributed by atoms with van der Waals surface area (Å²) in [6.07, 6.45) is 6.30. The molecule has 0 unspecified atom stereocenters. The molecule has 0 spiro atoms. The summed E-state index contributed by atoms with van der Waals surface area (Å²) in [5.74, 6) is 0.671. The lowest BCUT2D eigenvalue weighted by Crippen LogP contribution is -2.38. The van der Waals surface area contributed by atoms with Crippen LogP contribution >= 0.6 is 35.6 Å². The van der Waals surface area contributed by atoms with E-state index in [9.17, 15) is 8.78 Å². The zero-order chi connectivity index (χ0) is 18.8. The lowest BCUT2D eigenvalue weighted by Gasteiger charge is -2.13. The molecule has 2 rings (SSSR count). The molecule has 6 nitrogen and oxygen atoms in total. The van der Waals surface area contributed by atoms with Crippen molar-refractivity contribution in [1.82, 2.24) is 20.2 Å². The van der Waals surface area contributed by atoms with Crippen LogP contribution in [0.5, 0.6) is 5.75 Å². The lowest BCUT2D eigenvalue weighted by atomic mass is 10.2. The molecule has 0 saturated heterocycles. The Bertz CT molecular complexity index is 701. The van der Waals surface area contributed by atoms with Gasteiger partial charge in [-0.25, -0.2) is 9.98 Å². The molecular formula is C17H23ClF2IN5O. The van der Waals surface area contributed by atoms with Crippen LogP contribution in [0.1, 0.15) is 18.9 Å². The molecular weight excluding hydrogens is 491 g/mol. The molecule has 10 heteroatoms. The number of ether oxygens (including phenoxy) is 1. The first kappa shape index (κ1) is 23.4. The Labute approximate surface area is 179 Å². The average molecular weight is 514 g/mol. The van der Waals surface area contributed by atoms with Gasteiger partial charge in [0.15, 0.2) is 5.96 Å². The van der Waals surface area contributed by atoms with E-state index in [4.69, 9.17) is 11.6 Å². The van der Waals surface area contributed by atoms with Gasteiger partial charge in [-0.05, 0) is 31.5 Å². The van der Waals surface area contributed by atoms with E-state index in [1.165, 1.54) is 12.1 Å². The number of nitrogens with zero attached hydrogens (tertiary/aromatic N) is 3. The van der Waals surface area contributed by atoms with Crippen LogP contribution in [0.25, 0.3) is 0 Å². The number of aryl methyl sites for hydroxylation is 1. The Balaban J connectivity index is 0.00000364. The van der Waals surface area contributed by atoms with E-state index in [1.54, 1.807) is 18.6 Å². The number of benzene rings is 1. The van der Waals surface area contributed by atoms with Gasteiger partial charge in [0.2, 0.25) is 0 Å². The molecule has 1 heterocycles. The van der Waals surface area contributed by atoms with Crippen molar-refractivity contribution in [2.24, 2.45) is 4.99 Å². The number of aromatic nitrogens is 2. The SMILES string of the molecule is CCNC(=NCc1cc(Cl)ccc1OC(F)F)NCCCn1ccnc1.I. The van der Waals surface area contributed by atoms with Crippen LogP contribution in [0.3, 0.4) is 0 Å². The van der Waals surface area contributed by atoms with E-state index in [2.05, 4.69) is 25.3 Å². The summed E-state index contributed by atoms with van der Waals surface area (Å²) < 4.78 is 31.6. The molecule has 2 N–H and O–H groups in total. The first-order valence-corrected chi connectivity index (χ1v) is 8.67. The van der Waals surface area contributed by atoms with Gasteiger partial charge in [-0.1, -0.05) is 11.6 Å². The maximum atomic E-state index is 12.5. The van der Waals surface area contributed by atoms with E-state index in [0.29, 0.717) is 29.6 Å². The Morgan fingerprint density at radius 1 is 1.37 bits per heavy atom. The van der Waals surface area contributed by atoms with E-state index >= 15 is 0 Å². The van der Waals surface area contributed by atoms with Gasteiger partial charge in [-0.3, -0.25) is 0 Å². The van der Waals surface area contributed by atoms with Crippen LogP contribution in [0, 0.1) is 0 Å². The first-order valence-electron chi connectivity index (χ1n) is 8.29. The van der Waals surface area contributed by atoms with Crippen LogP contribution in [0.2, 0.25) is 5.02 Å². The second kappa shape index (κ2) is 12.7. The molecule has 1 aromatic heterocycles. The molecule has 150 valence electrons. The largest absolute Gasteiger partial charge is 0.434 e. The molecule has 0 atom stereocenters. The summed E-state index contributed by atoms with van der Waals surface area (Å²) in [7, 11) is 0. The van der Waals surface area contributed by atoms with E-state index in [0.717, 1.165) is 13.0 Å². The maximum Gasteiger partial charge on any atom is 0.387 e. The highest BCUT2D eigenvalue weighted by Crippen LogP contribution is 2.25. The van der Waals surface area contributed by atoms with Gasteiger partial charge in [0.25, 0.3) is 0 Å². The molecule has 0 aliphatic heterocycles. The van der Waals surface area contributed by atoms with Gasteiger partial charge in [-0.2, -0.15) is 8.78 Å². The minimum atomic E-state index is -2.89. The number of guanidine groups is 1. The number of hydrogen-bond acceptors (Lipinski definition) is 3. The van der Waals surface area contributed by atoms with E-state index in [1.807, 2.05) is 17.7 Å². The van der Waals surface area contributed by atoms with Crippen molar-refractivity contribution >= 4 is 41.5 Å². The van der Waals surface area contributed by atoms with Crippen molar-refractivity contribution in [2.75, 3.05) is 13.1 Å².